The first-order chi connectivity index (χ1) is 12.1. The minimum absolute atomic E-state index is 0.0580. The van der Waals surface area contributed by atoms with E-state index in [0.717, 1.165) is 22.7 Å². The molecule has 2 aromatic carbocycles. The third-order valence-corrected chi connectivity index (χ3v) is 3.85. The van der Waals surface area contributed by atoms with E-state index in [-0.39, 0.29) is 5.56 Å². The molecule has 0 amide bonds. The Bertz CT molecular complexity index is 878. The lowest BCUT2D eigenvalue weighted by molar-refractivity contribution is 0.414. The fraction of sp³-hybridized carbons (Fsp3) is 0.150. The Morgan fingerprint density at radius 2 is 1.72 bits per heavy atom. The van der Waals surface area contributed by atoms with Crippen LogP contribution in [0.5, 0.6) is 5.75 Å². The van der Waals surface area contributed by atoms with Crippen LogP contribution in [-0.2, 0) is 6.54 Å². The van der Waals surface area contributed by atoms with Gasteiger partial charge in [0.2, 0.25) is 0 Å². The molecule has 3 aromatic rings. The topological polar surface area (TPSA) is 27.1 Å². The Hall–Kier alpha value is -2.95. The van der Waals surface area contributed by atoms with Crippen LogP contribution in [0.1, 0.15) is 22.5 Å². The van der Waals surface area contributed by atoms with E-state index in [1.165, 1.54) is 24.3 Å². The molecule has 0 saturated carbocycles. The molecule has 0 unspecified atom stereocenters. The summed E-state index contributed by atoms with van der Waals surface area (Å²) in [6.45, 7) is 2.43. The molecule has 0 bridgehead atoms. The number of nitrogens with zero attached hydrogens (tertiary/aromatic N) is 2. The summed E-state index contributed by atoms with van der Waals surface area (Å²) in [6, 6.07) is 13.4. The van der Waals surface area contributed by atoms with Gasteiger partial charge >= 0.3 is 0 Å². The molecule has 0 atom stereocenters. The molecule has 25 heavy (non-hydrogen) atoms. The summed E-state index contributed by atoms with van der Waals surface area (Å²) >= 11 is 0. The number of aryl methyl sites for hydroxylation is 1. The van der Waals surface area contributed by atoms with E-state index in [9.17, 15) is 8.78 Å². The van der Waals surface area contributed by atoms with Crippen LogP contribution in [0.2, 0.25) is 0 Å². The van der Waals surface area contributed by atoms with Gasteiger partial charge in [0, 0.05) is 5.56 Å². The van der Waals surface area contributed by atoms with Gasteiger partial charge in [0.05, 0.1) is 25.0 Å². The van der Waals surface area contributed by atoms with Crippen molar-refractivity contribution in [1.29, 1.82) is 0 Å². The average molecular weight is 340 g/mol. The van der Waals surface area contributed by atoms with Crippen LogP contribution >= 0.6 is 0 Å². The Morgan fingerprint density at radius 3 is 2.36 bits per heavy atom. The van der Waals surface area contributed by atoms with Gasteiger partial charge in [-0.1, -0.05) is 18.2 Å². The molecule has 0 fully saturated rings. The van der Waals surface area contributed by atoms with Crippen molar-refractivity contribution < 1.29 is 13.5 Å². The molecule has 1 aromatic heterocycles. The second-order valence-corrected chi connectivity index (χ2v) is 5.68. The smallest absolute Gasteiger partial charge is 0.133 e. The number of benzene rings is 2. The maximum Gasteiger partial charge on any atom is 0.133 e. The highest BCUT2D eigenvalue weighted by Crippen LogP contribution is 2.18. The predicted molar refractivity (Wildman–Crippen MR) is 94.3 cm³/mol. The van der Waals surface area contributed by atoms with E-state index in [1.54, 1.807) is 17.9 Å². The van der Waals surface area contributed by atoms with Crippen LogP contribution < -0.4 is 4.74 Å². The van der Waals surface area contributed by atoms with Crippen molar-refractivity contribution in [3.63, 3.8) is 0 Å². The summed E-state index contributed by atoms with van der Waals surface area (Å²) in [5.74, 6) is -0.390. The van der Waals surface area contributed by atoms with Crippen LogP contribution in [0.15, 0.2) is 48.5 Å². The maximum atomic E-state index is 13.8. The number of ether oxygens (including phenoxy) is 1. The second-order valence-electron chi connectivity index (χ2n) is 5.68. The predicted octanol–water partition coefficient (Wildman–Crippen LogP) is 4.70. The number of methoxy groups -OCH3 is 1. The SMILES string of the molecule is COc1ccc(Cn2nc(C)cc2/C=C/c2c(F)cccc2F)cc1. The van der Waals surface area contributed by atoms with E-state index in [2.05, 4.69) is 5.10 Å². The van der Waals surface area contributed by atoms with E-state index >= 15 is 0 Å². The zero-order chi connectivity index (χ0) is 17.8. The van der Waals surface area contributed by atoms with Crippen molar-refractivity contribution in [2.75, 3.05) is 7.11 Å². The summed E-state index contributed by atoms with van der Waals surface area (Å²) in [5, 5.41) is 4.45. The van der Waals surface area contributed by atoms with Gasteiger partial charge in [-0.25, -0.2) is 8.78 Å². The van der Waals surface area contributed by atoms with Crippen molar-refractivity contribution >= 4 is 12.2 Å². The van der Waals surface area contributed by atoms with Gasteiger partial charge in [-0.2, -0.15) is 5.10 Å². The van der Waals surface area contributed by atoms with Crippen LogP contribution in [0, 0.1) is 18.6 Å². The van der Waals surface area contributed by atoms with Crippen molar-refractivity contribution in [3.8, 4) is 5.75 Å². The molecular formula is C20H18F2N2O. The highest BCUT2D eigenvalue weighted by Gasteiger charge is 2.07. The van der Waals surface area contributed by atoms with Crippen molar-refractivity contribution in [2.45, 2.75) is 13.5 Å². The molecule has 0 aliphatic carbocycles. The normalized spacial score (nSPS) is 11.2. The summed E-state index contributed by atoms with van der Waals surface area (Å²) in [4.78, 5) is 0. The van der Waals surface area contributed by atoms with E-state index in [0.29, 0.717) is 6.54 Å². The summed E-state index contributed by atoms with van der Waals surface area (Å²) < 4.78 is 34.5. The van der Waals surface area contributed by atoms with Gasteiger partial charge in [0.15, 0.2) is 0 Å². The van der Waals surface area contributed by atoms with Gasteiger partial charge in [-0.3, -0.25) is 4.68 Å². The van der Waals surface area contributed by atoms with E-state index in [4.69, 9.17) is 4.74 Å². The lowest BCUT2D eigenvalue weighted by atomic mass is 10.1. The molecule has 0 spiro atoms. The molecule has 0 saturated heterocycles. The molecule has 3 rings (SSSR count). The molecular weight excluding hydrogens is 322 g/mol. The van der Waals surface area contributed by atoms with Gasteiger partial charge in [0.1, 0.15) is 17.4 Å². The molecule has 5 heteroatoms. The van der Waals surface area contributed by atoms with E-state index < -0.39 is 11.6 Å². The molecule has 0 radical (unpaired) electrons. The molecule has 0 aliphatic rings. The van der Waals surface area contributed by atoms with Crippen molar-refractivity contribution in [3.05, 3.63) is 82.7 Å². The number of hydrogen-bond acceptors (Lipinski definition) is 2. The Balaban J connectivity index is 1.86. The summed E-state index contributed by atoms with van der Waals surface area (Å²) in [6.07, 6.45) is 3.11. The van der Waals surface area contributed by atoms with Crippen molar-refractivity contribution in [2.24, 2.45) is 0 Å². The largest absolute Gasteiger partial charge is 0.497 e. The number of halogens is 2. The van der Waals surface area contributed by atoms with Crippen LogP contribution in [0.4, 0.5) is 8.78 Å². The third kappa shape index (κ3) is 3.94. The summed E-state index contributed by atoms with van der Waals surface area (Å²) in [5.41, 5.74) is 2.60. The fourth-order valence-electron chi connectivity index (χ4n) is 2.57. The van der Waals surface area contributed by atoms with Crippen molar-refractivity contribution in [1.82, 2.24) is 9.78 Å². The number of aromatic nitrogens is 2. The van der Waals surface area contributed by atoms with Crippen LogP contribution in [0.25, 0.3) is 12.2 Å². The quantitative estimate of drug-likeness (QED) is 0.673. The number of hydrogen-bond donors (Lipinski definition) is 0. The Labute approximate surface area is 145 Å². The molecule has 128 valence electrons. The highest BCUT2D eigenvalue weighted by molar-refractivity contribution is 5.69. The van der Waals surface area contributed by atoms with Gasteiger partial charge in [-0.15, -0.1) is 0 Å². The molecule has 3 nitrogen and oxygen atoms in total. The maximum absolute atomic E-state index is 13.8. The lowest BCUT2D eigenvalue weighted by Crippen LogP contribution is -2.04. The average Bonchev–Trinajstić information content (AvgIpc) is 2.94. The zero-order valence-corrected chi connectivity index (χ0v) is 14.0. The molecule has 0 aliphatic heterocycles. The molecule has 0 N–H and O–H groups in total. The fourth-order valence-corrected chi connectivity index (χ4v) is 2.57. The standard InChI is InChI=1S/C20H18F2N2O/c1-14-12-16(8-11-18-19(21)4-3-5-20(18)22)24(23-14)13-15-6-9-17(25-2)10-7-15/h3-12H,13H2,1-2H3/b11-8+. The monoisotopic (exact) mass is 340 g/mol. The summed E-state index contributed by atoms with van der Waals surface area (Å²) in [7, 11) is 1.62. The first kappa shape index (κ1) is 16.9. The van der Waals surface area contributed by atoms with Gasteiger partial charge in [-0.05, 0) is 55.0 Å². The third-order valence-electron chi connectivity index (χ3n) is 3.85. The molecule has 1 heterocycles. The minimum Gasteiger partial charge on any atom is -0.497 e. The highest BCUT2D eigenvalue weighted by atomic mass is 19.1. The van der Waals surface area contributed by atoms with Gasteiger partial charge < -0.3 is 4.74 Å². The Morgan fingerprint density at radius 1 is 1.04 bits per heavy atom. The van der Waals surface area contributed by atoms with Gasteiger partial charge in [0.25, 0.3) is 0 Å². The van der Waals surface area contributed by atoms with E-state index in [1.807, 2.05) is 37.3 Å². The lowest BCUT2D eigenvalue weighted by Gasteiger charge is -2.06. The first-order valence-electron chi connectivity index (χ1n) is 7.86. The Kier molecular flexibility index (Phi) is 4.93. The second kappa shape index (κ2) is 7.30. The zero-order valence-electron chi connectivity index (χ0n) is 14.0. The minimum atomic E-state index is -0.589. The van der Waals surface area contributed by atoms with Crippen LogP contribution in [-0.4, -0.2) is 16.9 Å². The first-order valence-corrected chi connectivity index (χ1v) is 7.86. The number of rotatable bonds is 5. The van der Waals surface area contributed by atoms with Crippen LogP contribution in [0.3, 0.4) is 0 Å².